The maximum Gasteiger partial charge on any atom is 0.357 e. The first-order chi connectivity index (χ1) is 9.78. The van der Waals surface area contributed by atoms with E-state index in [9.17, 15) is 4.79 Å². The van der Waals surface area contributed by atoms with Gasteiger partial charge < -0.3 is 4.74 Å². The van der Waals surface area contributed by atoms with Crippen LogP contribution in [0.3, 0.4) is 0 Å². The Morgan fingerprint density at radius 1 is 1.30 bits per heavy atom. The Hall–Kier alpha value is -2.56. The number of carbonyl (C=O) groups is 1. The van der Waals surface area contributed by atoms with Gasteiger partial charge in [0.2, 0.25) is 0 Å². The topological polar surface area (TPSA) is 58.2 Å². The number of benzene rings is 1. The first-order valence-corrected chi connectivity index (χ1v) is 6.48. The highest BCUT2D eigenvalue weighted by Gasteiger charge is 2.24. The summed E-state index contributed by atoms with van der Waals surface area (Å²) in [6, 6.07) is 10.0. The Balaban J connectivity index is 1.78. The van der Waals surface area contributed by atoms with E-state index in [2.05, 4.69) is 10.4 Å². The molecule has 2 aromatic rings. The largest absolute Gasteiger partial charge is 0.461 e. The normalized spacial score (nSPS) is 12.6. The number of carbonyl (C=O) groups excluding carboxylic acids is 1. The van der Waals surface area contributed by atoms with Gasteiger partial charge in [0.05, 0.1) is 19.3 Å². The smallest absolute Gasteiger partial charge is 0.357 e. The number of nitrogens with zero attached hydrogens (tertiary/aromatic N) is 3. The zero-order chi connectivity index (χ0) is 13.9. The van der Waals surface area contributed by atoms with Crippen LogP contribution in [0.15, 0.2) is 42.2 Å². The second kappa shape index (κ2) is 5.21. The molecule has 1 aromatic carbocycles. The molecular weight excluding hydrogens is 254 g/mol. The molecule has 0 saturated carbocycles. The lowest BCUT2D eigenvalue weighted by atomic mass is 10.2. The molecule has 0 saturated heterocycles. The van der Waals surface area contributed by atoms with E-state index in [1.807, 2.05) is 30.3 Å². The van der Waals surface area contributed by atoms with E-state index in [0.717, 1.165) is 11.1 Å². The molecule has 1 radical (unpaired) electrons. The third-order valence-electron chi connectivity index (χ3n) is 3.02. The van der Waals surface area contributed by atoms with Gasteiger partial charge in [0, 0.05) is 5.56 Å². The quantitative estimate of drug-likeness (QED) is 0.798. The molecular formula is C15H14N3O2. The molecule has 5 nitrogen and oxygen atoms in total. The van der Waals surface area contributed by atoms with Crippen LogP contribution < -0.4 is 5.32 Å². The Morgan fingerprint density at radius 2 is 2.10 bits per heavy atom. The van der Waals surface area contributed by atoms with Crippen LogP contribution >= 0.6 is 0 Å². The lowest BCUT2D eigenvalue weighted by Gasteiger charge is -2.06. The van der Waals surface area contributed by atoms with Crippen LogP contribution in [-0.2, 0) is 16.1 Å². The molecule has 3 rings (SSSR count). The average Bonchev–Trinajstić information content (AvgIpc) is 3.02. The number of hydrogen-bond acceptors (Lipinski definition) is 3. The van der Waals surface area contributed by atoms with Gasteiger partial charge in [0.1, 0.15) is 0 Å². The fourth-order valence-electron chi connectivity index (χ4n) is 2.09. The average molecular weight is 268 g/mol. The predicted molar refractivity (Wildman–Crippen MR) is 74.2 cm³/mol. The minimum absolute atomic E-state index is 0.334. The summed E-state index contributed by atoms with van der Waals surface area (Å²) in [7, 11) is 0. The Morgan fingerprint density at radius 3 is 2.85 bits per heavy atom. The van der Waals surface area contributed by atoms with Crippen molar-refractivity contribution in [3.63, 3.8) is 0 Å². The molecule has 2 heterocycles. The molecule has 0 atom stereocenters. The molecule has 5 heteroatoms. The molecule has 20 heavy (non-hydrogen) atoms. The first-order valence-electron chi connectivity index (χ1n) is 6.48. The van der Waals surface area contributed by atoms with E-state index in [1.54, 1.807) is 23.9 Å². The zero-order valence-electron chi connectivity index (χ0n) is 11.1. The molecule has 0 fully saturated rings. The highest BCUT2D eigenvalue weighted by atomic mass is 16.5. The van der Waals surface area contributed by atoms with Gasteiger partial charge >= 0.3 is 5.97 Å². The van der Waals surface area contributed by atoms with E-state index in [4.69, 9.17) is 4.74 Å². The van der Waals surface area contributed by atoms with Gasteiger partial charge in [0.25, 0.3) is 0 Å². The monoisotopic (exact) mass is 268 g/mol. The molecule has 0 N–H and O–H groups in total. The van der Waals surface area contributed by atoms with Crippen LogP contribution in [0.2, 0.25) is 0 Å². The van der Waals surface area contributed by atoms with Crippen molar-refractivity contribution < 1.29 is 9.53 Å². The zero-order valence-corrected chi connectivity index (χ0v) is 11.1. The molecule has 0 aliphatic carbocycles. The Bertz CT molecular complexity index is 659. The van der Waals surface area contributed by atoms with Crippen LogP contribution in [0.5, 0.6) is 0 Å². The molecule has 0 amide bonds. The van der Waals surface area contributed by atoms with Gasteiger partial charge in [-0.15, -0.1) is 0 Å². The third-order valence-corrected chi connectivity index (χ3v) is 3.02. The fraction of sp³-hybridized carbons (Fsp3) is 0.200. The van der Waals surface area contributed by atoms with Gasteiger partial charge in [-0.25, -0.2) is 14.8 Å². The van der Waals surface area contributed by atoms with Crippen molar-refractivity contribution >= 4 is 17.9 Å². The van der Waals surface area contributed by atoms with Crippen molar-refractivity contribution in [1.29, 1.82) is 0 Å². The molecule has 1 aliphatic rings. The number of aromatic nitrogens is 2. The summed E-state index contributed by atoms with van der Waals surface area (Å²) in [6.07, 6.45) is 3.43. The van der Waals surface area contributed by atoms with E-state index >= 15 is 0 Å². The standard InChI is InChI=1S/C15H14N3O2/c1-2-20-15(19)13-8-12-9-16-18(14(12)17-13)10-11-6-4-3-5-7-11/h3-9H,2,10H2,1H3. The van der Waals surface area contributed by atoms with Crippen molar-refractivity contribution in [2.24, 2.45) is 0 Å². The van der Waals surface area contributed by atoms with Crippen LogP contribution in [0, 0.1) is 0 Å². The van der Waals surface area contributed by atoms with Crippen molar-refractivity contribution in [3.05, 3.63) is 53.4 Å². The van der Waals surface area contributed by atoms with E-state index in [1.165, 1.54) is 0 Å². The maximum atomic E-state index is 11.7. The summed E-state index contributed by atoms with van der Waals surface area (Å²) in [4.78, 5) is 11.7. The molecule has 0 bridgehead atoms. The van der Waals surface area contributed by atoms with Gasteiger partial charge in [-0.2, -0.15) is 5.10 Å². The number of ether oxygens (including phenoxy) is 1. The number of fused-ring (bicyclic) bond motifs is 1. The highest BCUT2D eigenvalue weighted by molar-refractivity contribution is 5.97. The molecule has 101 valence electrons. The van der Waals surface area contributed by atoms with Crippen LogP contribution in [0.4, 0.5) is 5.82 Å². The number of hydrogen-bond donors (Lipinski definition) is 0. The first kappa shape index (κ1) is 12.5. The van der Waals surface area contributed by atoms with Crippen molar-refractivity contribution in [2.75, 3.05) is 6.61 Å². The van der Waals surface area contributed by atoms with Crippen LogP contribution in [0.1, 0.15) is 18.1 Å². The van der Waals surface area contributed by atoms with E-state index in [-0.39, 0.29) is 0 Å². The van der Waals surface area contributed by atoms with Crippen molar-refractivity contribution in [3.8, 4) is 0 Å². The third kappa shape index (κ3) is 2.30. The molecule has 0 spiro atoms. The van der Waals surface area contributed by atoms with Crippen LogP contribution in [0.25, 0.3) is 6.08 Å². The van der Waals surface area contributed by atoms with Crippen molar-refractivity contribution in [2.45, 2.75) is 13.5 Å². The van der Waals surface area contributed by atoms with Gasteiger partial charge in [-0.1, -0.05) is 30.3 Å². The minimum atomic E-state index is -0.394. The highest BCUT2D eigenvalue weighted by Crippen LogP contribution is 2.28. The summed E-state index contributed by atoms with van der Waals surface area (Å²) in [6.45, 7) is 2.75. The lowest BCUT2D eigenvalue weighted by molar-refractivity contribution is -0.138. The number of rotatable bonds is 4. The fourth-order valence-corrected chi connectivity index (χ4v) is 2.09. The second-order valence-electron chi connectivity index (χ2n) is 4.43. The SMILES string of the molecule is CCOC(=O)C1=Cc2cnn(Cc3ccccc3)c2[N]1. The van der Waals surface area contributed by atoms with Crippen molar-refractivity contribution in [1.82, 2.24) is 15.1 Å². The molecule has 1 aromatic heterocycles. The maximum absolute atomic E-state index is 11.7. The lowest BCUT2D eigenvalue weighted by Crippen LogP contribution is -2.14. The predicted octanol–water partition coefficient (Wildman–Crippen LogP) is 2.08. The molecule has 1 aliphatic heterocycles. The molecule has 0 unspecified atom stereocenters. The number of esters is 1. The van der Waals surface area contributed by atoms with Gasteiger partial charge in [0.15, 0.2) is 11.5 Å². The Kier molecular flexibility index (Phi) is 3.25. The summed E-state index contributed by atoms with van der Waals surface area (Å²) < 4.78 is 6.74. The Labute approximate surface area is 116 Å². The van der Waals surface area contributed by atoms with Crippen LogP contribution in [-0.4, -0.2) is 22.4 Å². The van der Waals surface area contributed by atoms with Gasteiger partial charge in [-0.05, 0) is 18.6 Å². The van der Waals surface area contributed by atoms with Gasteiger partial charge in [-0.3, -0.25) is 0 Å². The second-order valence-corrected chi connectivity index (χ2v) is 4.43. The van der Waals surface area contributed by atoms with E-state index in [0.29, 0.717) is 24.7 Å². The van der Waals surface area contributed by atoms with E-state index < -0.39 is 5.97 Å². The minimum Gasteiger partial charge on any atom is -0.461 e. The summed E-state index contributed by atoms with van der Waals surface area (Å²) in [5.74, 6) is 0.312. The summed E-state index contributed by atoms with van der Waals surface area (Å²) in [5.41, 5.74) is 2.32. The summed E-state index contributed by atoms with van der Waals surface area (Å²) >= 11 is 0. The summed E-state index contributed by atoms with van der Waals surface area (Å²) in [5, 5.41) is 8.61.